The zero-order valence-corrected chi connectivity index (χ0v) is 11.9. The molecule has 0 bridgehead atoms. The van der Waals surface area contributed by atoms with Gasteiger partial charge in [0.15, 0.2) is 23.0 Å². The predicted octanol–water partition coefficient (Wildman–Crippen LogP) is 4.02. The van der Waals surface area contributed by atoms with Crippen LogP contribution in [0, 0.1) is 0 Å². The van der Waals surface area contributed by atoms with Crippen LogP contribution < -0.4 is 4.74 Å². The summed E-state index contributed by atoms with van der Waals surface area (Å²) in [5.74, 6) is -0.646. The number of fused-ring (bicyclic) bond motifs is 1. The average Bonchev–Trinajstić information content (AvgIpc) is 2.77. The number of benzene rings is 2. The van der Waals surface area contributed by atoms with Gasteiger partial charge in [-0.2, -0.15) is 0 Å². The molecule has 1 aliphatic rings. The number of ether oxygens (including phenoxy) is 1. The van der Waals surface area contributed by atoms with E-state index in [9.17, 15) is 15.0 Å². The van der Waals surface area contributed by atoms with Crippen LogP contribution in [-0.2, 0) is 0 Å². The first-order valence-electron chi connectivity index (χ1n) is 5.91. The molecule has 6 heteroatoms. The first-order chi connectivity index (χ1) is 9.97. The largest absolute Gasteiger partial charge is 0.504 e. The van der Waals surface area contributed by atoms with Crippen molar-refractivity contribution in [2.45, 2.75) is 0 Å². The summed E-state index contributed by atoms with van der Waals surface area (Å²) in [6.07, 6.45) is 1.44. The van der Waals surface area contributed by atoms with Gasteiger partial charge in [0.2, 0.25) is 5.78 Å². The molecule has 2 N–H and O–H groups in total. The van der Waals surface area contributed by atoms with E-state index in [1.165, 1.54) is 30.3 Å². The lowest BCUT2D eigenvalue weighted by atomic mass is 10.1. The van der Waals surface area contributed by atoms with E-state index in [1.54, 1.807) is 6.07 Å². The van der Waals surface area contributed by atoms with Crippen molar-refractivity contribution in [3.05, 3.63) is 57.3 Å². The summed E-state index contributed by atoms with van der Waals surface area (Å²) < 4.78 is 5.46. The molecular weight excluding hydrogens is 315 g/mol. The monoisotopic (exact) mass is 322 g/mol. The molecule has 2 aromatic carbocycles. The Bertz CT molecular complexity index is 797. The Morgan fingerprint density at radius 3 is 2.38 bits per heavy atom. The van der Waals surface area contributed by atoms with Crippen molar-refractivity contribution < 1.29 is 19.7 Å². The fourth-order valence-electron chi connectivity index (χ4n) is 2.00. The minimum atomic E-state index is -0.384. The molecule has 1 aliphatic heterocycles. The van der Waals surface area contributed by atoms with Crippen molar-refractivity contribution >= 4 is 35.1 Å². The van der Waals surface area contributed by atoms with Gasteiger partial charge in [0.25, 0.3) is 0 Å². The van der Waals surface area contributed by atoms with Crippen LogP contribution in [0.15, 0.2) is 36.1 Å². The Hall–Kier alpha value is -2.17. The summed E-state index contributed by atoms with van der Waals surface area (Å²) >= 11 is 12.0. The Kier molecular flexibility index (Phi) is 3.27. The molecule has 1 heterocycles. The number of phenols is 2. The second-order valence-corrected chi connectivity index (χ2v) is 5.24. The van der Waals surface area contributed by atoms with Crippen molar-refractivity contribution in [1.82, 2.24) is 0 Å². The maximum Gasteiger partial charge on any atom is 0.233 e. The van der Waals surface area contributed by atoms with E-state index in [0.717, 1.165) is 0 Å². The van der Waals surface area contributed by atoms with Crippen LogP contribution in [0.4, 0.5) is 0 Å². The number of ketones is 1. The summed E-state index contributed by atoms with van der Waals surface area (Å²) in [5.41, 5.74) is 0.715. The fourth-order valence-corrected chi connectivity index (χ4v) is 2.43. The van der Waals surface area contributed by atoms with Gasteiger partial charge < -0.3 is 14.9 Å². The summed E-state index contributed by atoms with van der Waals surface area (Å²) in [6.45, 7) is 0. The topological polar surface area (TPSA) is 66.8 Å². The van der Waals surface area contributed by atoms with Gasteiger partial charge in [0, 0.05) is 0 Å². The van der Waals surface area contributed by atoms with Crippen molar-refractivity contribution in [2.75, 3.05) is 0 Å². The van der Waals surface area contributed by atoms with Gasteiger partial charge >= 0.3 is 0 Å². The highest BCUT2D eigenvalue weighted by Gasteiger charge is 2.31. The third-order valence-electron chi connectivity index (χ3n) is 3.02. The Morgan fingerprint density at radius 1 is 1.00 bits per heavy atom. The molecule has 0 unspecified atom stereocenters. The zero-order valence-electron chi connectivity index (χ0n) is 10.4. The van der Waals surface area contributed by atoms with Gasteiger partial charge in [-0.3, -0.25) is 4.79 Å². The highest BCUT2D eigenvalue weighted by molar-refractivity contribution is 6.39. The SMILES string of the molecule is O=C1/C(=C/c2ccc(O)c(O)c2)Oc2c(Cl)ccc(Cl)c21. The molecule has 106 valence electrons. The minimum Gasteiger partial charge on any atom is -0.504 e. The quantitative estimate of drug-likeness (QED) is 0.614. The zero-order chi connectivity index (χ0) is 15.1. The predicted molar refractivity (Wildman–Crippen MR) is 79.2 cm³/mol. The second kappa shape index (κ2) is 4.98. The molecule has 0 atom stereocenters. The van der Waals surface area contributed by atoms with Crippen LogP contribution in [0.3, 0.4) is 0 Å². The van der Waals surface area contributed by atoms with Gasteiger partial charge in [-0.05, 0) is 35.9 Å². The Morgan fingerprint density at radius 2 is 1.71 bits per heavy atom. The van der Waals surface area contributed by atoms with Crippen molar-refractivity contribution in [2.24, 2.45) is 0 Å². The minimum absolute atomic E-state index is 0.0464. The van der Waals surface area contributed by atoms with Gasteiger partial charge in [-0.25, -0.2) is 0 Å². The van der Waals surface area contributed by atoms with E-state index >= 15 is 0 Å². The van der Waals surface area contributed by atoms with E-state index in [4.69, 9.17) is 27.9 Å². The average molecular weight is 323 g/mol. The van der Waals surface area contributed by atoms with E-state index < -0.39 is 0 Å². The summed E-state index contributed by atoms with van der Waals surface area (Å²) in [7, 11) is 0. The van der Waals surface area contributed by atoms with Crippen molar-refractivity contribution in [1.29, 1.82) is 0 Å². The number of carbonyl (C=O) groups excluding carboxylic acids is 1. The number of hydrogen-bond acceptors (Lipinski definition) is 4. The molecule has 2 aromatic rings. The van der Waals surface area contributed by atoms with E-state index in [-0.39, 0.29) is 39.4 Å². The second-order valence-electron chi connectivity index (χ2n) is 4.42. The normalized spacial score (nSPS) is 15.1. The smallest absolute Gasteiger partial charge is 0.233 e. The number of aromatic hydroxyl groups is 2. The molecule has 0 saturated heterocycles. The molecule has 0 aromatic heterocycles. The molecular formula is C15H8Cl2O4. The summed E-state index contributed by atoms with van der Waals surface area (Å²) in [6, 6.07) is 7.23. The standard InChI is InChI=1S/C15H8Cl2O4/c16-8-2-3-9(17)15-13(8)14(20)12(21-15)6-7-1-4-10(18)11(19)5-7/h1-6,18-19H/b12-6-. The maximum absolute atomic E-state index is 12.3. The van der Waals surface area contributed by atoms with Gasteiger partial charge in [0.1, 0.15) is 0 Å². The van der Waals surface area contributed by atoms with E-state index in [1.807, 2.05) is 0 Å². The number of phenolic OH excluding ortho intramolecular Hbond substituents is 2. The molecule has 3 rings (SSSR count). The molecule has 0 spiro atoms. The summed E-state index contributed by atoms with van der Waals surface area (Å²) in [4.78, 5) is 12.3. The number of Topliss-reactive ketones (excluding diaryl/α,β-unsaturated/α-hetero) is 1. The third-order valence-corrected chi connectivity index (χ3v) is 3.63. The number of halogens is 2. The Balaban J connectivity index is 2.05. The lowest BCUT2D eigenvalue weighted by Gasteiger charge is -2.02. The first-order valence-corrected chi connectivity index (χ1v) is 6.67. The molecule has 0 radical (unpaired) electrons. The third kappa shape index (κ3) is 2.33. The maximum atomic E-state index is 12.3. The number of hydrogen-bond donors (Lipinski definition) is 2. The Labute approximate surface area is 129 Å². The van der Waals surface area contributed by atoms with E-state index in [0.29, 0.717) is 10.6 Å². The molecule has 0 aliphatic carbocycles. The van der Waals surface area contributed by atoms with Crippen LogP contribution in [0.25, 0.3) is 6.08 Å². The van der Waals surface area contributed by atoms with Gasteiger partial charge in [0.05, 0.1) is 15.6 Å². The van der Waals surface area contributed by atoms with Crippen LogP contribution in [0.1, 0.15) is 15.9 Å². The lowest BCUT2D eigenvalue weighted by molar-refractivity contribution is 0.101. The highest BCUT2D eigenvalue weighted by atomic mass is 35.5. The molecule has 0 saturated carbocycles. The van der Waals surface area contributed by atoms with Gasteiger partial charge in [-0.15, -0.1) is 0 Å². The highest BCUT2D eigenvalue weighted by Crippen LogP contribution is 2.42. The summed E-state index contributed by atoms with van der Waals surface area (Å²) in [5, 5.41) is 19.3. The molecule has 0 amide bonds. The number of rotatable bonds is 1. The van der Waals surface area contributed by atoms with Crippen LogP contribution >= 0.6 is 23.2 Å². The van der Waals surface area contributed by atoms with Crippen LogP contribution in [-0.4, -0.2) is 16.0 Å². The first kappa shape index (κ1) is 13.8. The van der Waals surface area contributed by atoms with Crippen LogP contribution in [0.2, 0.25) is 10.0 Å². The van der Waals surface area contributed by atoms with Crippen LogP contribution in [0.5, 0.6) is 17.2 Å². The van der Waals surface area contributed by atoms with Crippen molar-refractivity contribution in [3.63, 3.8) is 0 Å². The molecule has 0 fully saturated rings. The number of allylic oxidation sites excluding steroid dienone is 1. The van der Waals surface area contributed by atoms with E-state index in [2.05, 4.69) is 0 Å². The molecule has 21 heavy (non-hydrogen) atoms. The molecule has 4 nitrogen and oxygen atoms in total. The number of carbonyl (C=O) groups is 1. The van der Waals surface area contributed by atoms with Gasteiger partial charge in [-0.1, -0.05) is 29.3 Å². The lowest BCUT2D eigenvalue weighted by Crippen LogP contribution is -1.98. The van der Waals surface area contributed by atoms with Crippen molar-refractivity contribution in [3.8, 4) is 17.2 Å². The fraction of sp³-hybridized carbons (Fsp3) is 0.